The summed E-state index contributed by atoms with van der Waals surface area (Å²) < 4.78 is 9.11. The fourth-order valence-electron chi connectivity index (χ4n) is 10.3. The van der Waals surface area contributed by atoms with Crippen LogP contribution < -0.4 is 0 Å². The van der Waals surface area contributed by atoms with E-state index in [1.54, 1.807) is 0 Å². The van der Waals surface area contributed by atoms with Crippen molar-refractivity contribution in [1.82, 2.24) is 19.5 Å². The summed E-state index contributed by atoms with van der Waals surface area (Å²) in [6.07, 6.45) is 0. The lowest BCUT2D eigenvalue weighted by Crippen LogP contribution is -2.04. The number of hydrogen-bond donors (Lipinski definition) is 0. The molecule has 5 nitrogen and oxygen atoms in total. The van der Waals surface area contributed by atoms with Crippen LogP contribution in [0.4, 0.5) is 0 Å². The number of hydrogen-bond acceptors (Lipinski definition) is 4. The topological polar surface area (TPSA) is 56.7 Å². The summed E-state index contributed by atoms with van der Waals surface area (Å²) in [6.45, 7) is 0. The Morgan fingerprint density at radius 3 is 1.76 bits per heavy atom. The molecule has 11 aromatic carbocycles. The number of benzene rings is 11. The maximum atomic E-state index is 6.71. The molecule has 0 saturated heterocycles. The molecule has 0 bridgehead atoms. The average molecular weight is 841 g/mol. The van der Waals surface area contributed by atoms with Crippen LogP contribution in [0.1, 0.15) is 0 Å². The molecule has 3 aromatic heterocycles. The molecule has 0 aliphatic carbocycles. The third kappa shape index (κ3) is 5.63. The Balaban J connectivity index is 1.12. The predicted molar refractivity (Wildman–Crippen MR) is 273 cm³/mol. The van der Waals surface area contributed by atoms with E-state index in [2.05, 4.69) is 205 Å². The summed E-state index contributed by atoms with van der Waals surface area (Å²) in [5.41, 5.74) is 9.62. The molecule has 0 spiro atoms. The van der Waals surface area contributed by atoms with Crippen molar-refractivity contribution < 1.29 is 4.42 Å². The maximum absolute atomic E-state index is 6.71. The van der Waals surface area contributed by atoms with Gasteiger partial charge in [0, 0.05) is 44.3 Å². The Labute approximate surface area is 378 Å². The van der Waals surface area contributed by atoms with Gasteiger partial charge in [-0.15, -0.1) is 0 Å². The standard InChI is InChI=1S/C61H36N4O/c1-2-15-37(16-3-1)39-21-14-22-43(31-39)59-62-60(50-33-42-20-7-8-23-44(42)46-25-10-11-26-47(46)50)64-61(63-59)52-35-49-48-27-12-13-28-56(48)66-57(49)36-55(52)65-53-30-29-38-17-6-9-24-45(38)58(53)51-32-40-18-4-5-19-41(40)34-54(51)65/h1-36H. The third-order valence-electron chi connectivity index (χ3n) is 13.4. The number of rotatable bonds is 5. The fraction of sp³-hybridized carbons (Fsp3) is 0. The number of nitrogens with zero attached hydrogens (tertiary/aromatic N) is 4. The molecule has 0 fully saturated rings. The highest BCUT2D eigenvalue weighted by atomic mass is 16.3. The van der Waals surface area contributed by atoms with Crippen molar-refractivity contribution in [3.05, 3.63) is 218 Å². The van der Waals surface area contributed by atoms with Gasteiger partial charge in [0.05, 0.1) is 16.7 Å². The number of furan rings is 1. The molecule has 14 aromatic rings. The van der Waals surface area contributed by atoms with Crippen molar-refractivity contribution in [2.24, 2.45) is 0 Å². The Hall–Kier alpha value is -8.93. The van der Waals surface area contributed by atoms with E-state index in [0.717, 1.165) is 88.0 Å². The van der Waals surface area contributed by atoms with Crippen LogP contribution >= 0.6 is 0 Å². The predicted octanol–water partition coefficient (Wildman–Crippen LogP) is 16.1. The summed E-state index contributed by atoms with van der Waals surface area (Å²) in [5.74, 6) is 1.76. The van der Waals surface area contributed by atoms with Crippen molar-refractivity contribution in [2.75, 3.05) is 0 Å². The summed E-state index contributed by atoms with van der Waals surface area (Å²) in [4.78, 5) is 16.5. The molecular formula is C61H36N4O. The second-order valence-electron chi connectivity index (χ2n) is 17.1. The minimum absolute atomic E-state index is 0.566. The first-order valence-electron chi connectivity index (χ1n) is 22.3. The van der Waals surface area contributed by atoms with Gasteiger partial charge in [0.1, 0.15) is 11.2 Å². The molecule has 0 aliphatic rings. The van der Waals surface area contributed by atoms with Crippen LogP contribution in [0.3, 0.4) is 0 Å². The molecule has 3 heterocycles. The molecule has 0 amide bonds. The van der Waals surface area contributed by atoms with Crippen molar-refractivity contribution >= 4 is 86.8 Å². The van der Waals surface area contributed by atoms with Gasteiger partial charge in [-0.2, -0.15) is 0 Å². The largest absolute Gasteiger partial charge is 0.456 e. The van der Waals surface area contributed by atoms with E-state index >= 15 is 0 Å². The highest BCUT2D eigenvalue weighted by Gasteiger charge is 2.24. The zero-order valence-corrected chi connectivity index (χ0v) is 35.5. The van der Waals surface area contributed by atoms with E-state index in [9.17, 15) is 0 Å². The molecule has 0 N–H and O–H groups in total. The van der Waals surface area contributed by atoms with Crippen LogP contribution in [0, 0.1) is 0 Å². The molecule has 0 saturated carbocycles. The van der Waals surface area contributed by atoms with Crippen LogP contribution in [0.2, 0.25) is 0 Å². The van der Waals surface area contributed by atoms with Crippen LogP contribution in [-0.2, 0) is 0 Å². The lowest BCUT2D eigenvalue weighted by Gasteiger charge is -2.16. The lowest BCUT2D eigenvalue weighted by atomic mass is 9.96. The van der Waals surface area contributed by atoms with Crippen molar-refractivity contribution in [1.29, 1.82) is 0 Å². The van der Waals surface area contributed by atoms with Crippen LogP contribution in [0.25, 0.3) is 138 Å². The van der Waals surface area contributed by atoms with Crippen molar-refractivity contribution in [3.8, 4) is 51.0 Å². The van der Waals surface area contributed by atoms with Gasteiger partial charge in [-0.05, 0) is 96.7 Å². The highest BCUT2D eigenvalue weighted by Crippen LogP contribution is 2.44. The Kier molecular flexibility index (Phi) is 7.91. The monoisotopic (exact) mass is 840 g/mol. The molecular weight excluding hydrogens is 805 g/mol. The van der Waals surface area contributed by atoms with Crippen LogP contribution in [0.5, 0.6) is 0 Å². The third-order valence-corrected chi connectivity index (χ3v) is 13.4. The number of fused-ring (bicyclic) bond motifs is 12. The second-order valence-corrected chi connectivity index (χ2v) is 17.1. The fourth-order valence-corrected chi connectivity index (χ4v) is 10.3. The summed E-state index contributed by atoms with van der Waals surface area (Å²) in [7, 11) is 0. The van der Waals surface area contributed by atoms with E-state index in [0.29, 0.717) is 17.5 Å². The van der Waals surface area contributed by atoms with Gasteiger partial charge >= 0.3 is 0 Å². The van der Waals surface area contributed by atoms with Gasteiger partial charge in [-0.1, -0.05) is 170 Å². The van der Waals surface area contributed by atoms with Crippen LogP contribution in [0.15, 0.2) is 223 Å². The van der Waals surface area contributed by atoms with Gasteiger partial charge in [-0.3, -0.25) is 0 Å². The van der Waals surface area contributed by atoms with E-state index in [1.807, 2.05) is 18.2 Å². The minimum atomic E-state index is 0.566. The molecule has 5 heteroatoms. The lowest BCUT2D eigenvalue weighted by molar-refractivity contribution is 0.668. The smallest absolute Gasteiger partial charge is 0.166 e. The Morgan fingerprint density at radius 2 is 0.924 bits per heavy atom. The Bertz CT molecular complexity index is 4300. The minimum Gasteiger partial charge on any atom is -0.456 e. The molecule has 0 aliphatic heterocycles. The molecule has 0 atom stereocenters. The molecule has 0 unspecified atom stereocenters. The van der Waals surface area contributed by atoms with E-state index in [-0.39, 0.29) is 0 Å². The molecule has 66 heavy (non-hydrogen) atoms. The highest BCUT2D eigenvalue weighted by molar-refractivity contribution is 6.24. The first-order valence-corrected chi connectivity index (χ1v) is 22.3. The Morgan fingerprint density at radius 1 is 0.303 bits per heavy atom. The van der Waals surface area contributed by atoms with Crippen molar-refractivity contribution in [2.45, 2.75) is 0 Å². The number of aromatic nitrogens is 4. The van der Waals surface area contributed by atoms with E-state index < -0.39 is 0 Å². The van der Waals surface area contributed by atoms with E-state index in [1.165, 1.54) is 32.3 Å². The van der Waals surface area contributed by atoms with Gasteiger partial charge in [0.2, 0.25) is 0 Å². The first-order chi connectivity index (χ1) is 32.7. The molecule has 306 valence electrons. The van der Waals surface area contributed by atoms with Gasteiger partial charge in [0.15, 0.2) is 17.5 Å². The normalized spacial score (nSPS) is 11.9. The maximum Gasteiger partial charge on any atom is 0.166 e. The first kappa shape index (κ1) is 36.5. The van der Waals surface area contributed by atoms with E-state index in [4.69, 9.17) is 19.4 Å². The summed E-state index contributed by atoms with van der Waals surface area (Å²) >= 11 is 0. The van der Waals surface area contributed by atoms with Gasteiger partial charge in [0.25, 0.3) is 0 Å². The van der Waals surface area contributed by atoms with Crippen molar-refractivity contribution in [3.63, 3.8) is 0 Å². The zero-order chi connectivity index (χ0) is 43.3. The quantitative estimate of drug-likeness (QED) is 0.162. The zero-order valence-electron chi connectivity index (χ0n) is 35.5. The summed E-state index contributed by atoms with van der Waals surface area (Å²) in [5, 5.41) is 13.7. The van der Waals surface area contributed by atoms with Crippen LogP contribution in [-0.4, -0.2) is 19.5 Å². The second kappa shape index (κ2) is 14.3. The SMILES string of the molecule is c1ccc(-c2cccc(-c3nc(-c4cc5c(cc4-n4c6cc7ccccc7cc6c6c7ccccc7ccc64)oc4ccccc45)nc(-c4cc5ccccc5c5ccccc45)n3)c2)cc1. The molecule has 14 rings (SSSR count). The number of para-hydroxylation sites is 1. The van der Waals surface area contributed by atoms with Gasteiger partial charge < -0.3 is 8.98 Å². The van der Waals surface area contributed by atoms with Gasteiger partial charge in [-0.25, -0.2) is 15.0 Å². The average Bonchev–Trinajstić information content (AvgIpc) is 3.92. The summed E-state index contributed by atoms with van der Waals surface area (Å²) in [6, 6.07) is 77.5. The molecule has 0 radical (unpaired) electrons.